The Bertz CT molecular complexity index is 1310. The number of aliphatic imine (C=N–C) groups is 2. The lowest BCUT2D eigenvalue weighted by molar-refractivity contribution is 0.415. The average molecular weight is 515 g/mol. The van der Waals surface area contributed by atoms with Gasteiger partial charge in [-0.05, 0) is 84.0 Å². The molecule has 3 aromatic carbocycles. The highest BCUT2D eigenvalue weighted by Gasteiger charge is 2.13. The third kappa shape index (κ3) is 6.63. The minimum absolute atomic E-state index is 0.259. The van der Waals surface area contributed by atoms with Crippen LogP contribution in [0.25, 0.3) is 0 Å². The van der Waals surface area contributed by atoms with Crippen LogP contribution in [0, 0.1) is 0 Å². The Labute approximate surface area is 228 Å². The van der Waals surface area contributed by atoms with Crippen LogP contribution in [0.2, 0.25) is 0 Å². The second kappa shape index (κ2) is 13.3. The maximum atomic E-state index is 10.9. The molecule has 0 aliphatic rings. The average Bonchev–Trinajstić information content (AvgIpc) is 2.95. The standard InChI is InChI=1S/C33H42N2O3/c1-8-21(5)25-14-23(10-3)32(36)27(16-25)19-34-30-13-12-29(38-7)18-31(30)35-20-28-17-26(22(6)9-2)15-24(11-4)33(28)37/h12-22,36-37H,8-11H2,1-7H3. The number of nitrogens with zero attached hydrogens (tertiary/aromatic N) is 2. The summed E-state index contributed by atoms with van der Waals surface area (Å²) in [6.45, 7) is 12.8. The molecule has 5 heteroatoms. The van der Waals surface area contributed by atoms with E-state index in [1.807, 2.05) is 44.2 Å². The van der Waals surface area contributed by atoms with E-state index in [4.69, 9.17) is 14.7 Å². The molecule has 3 aromatic rings. The van der Waals surface area contributed by atoms with Crippen molar-refractivity contribution in [2.45, 2.75) is 79.1 Å². The summed E-state index contributed by atoms with van der Waals surface area (Å²) in [4.78, 5) is 9.46. The Morgan fingerprint density at radius 3 is 1.61 bits per heavy atom. The van der Waals surface area contributed by atoms with Gasteiger partial charge in [0.15, 0.2) is 0 Å². The van der Waals surface area contributed by atoms with Crippen LogP contribution in [0.15, 0.2) is 52.4 Å². The SMILES string of the molecule is CCc1cc(C(C)CC)cc(C=Nc2ccc(OC)cc2N=Cc2cc(C(C)CC)cc(CC)c2O)c1O. The fraction of sp³-hybridized carbons (Fsp3) is 0.394. The van der Waals surface area contributed by atoms with Crippen molar-refractivity contribution in [1.82, 2.24) is 0 Å². The largest absolute Gasteiger partial charge is 0.507 e. The van der Waals surface area contributed by atoms with E-state index in [0.29, 0.717) is 40.1 Å². The van der Waals surface area contributed by atoms with E-state index in [9.17, 15) is 10.2 Å². The molecule has 0 amide bonds. The minimum atomic E-state index is 0.259. The molecule has 0 aliphatic heterocycles. The zero-order valence-corrected chi connectivity index (χ0v) is 23.9. The smallest absolute Gasteiger partial charge is 0.127 e. The molecular formula is C33H42N2O3. The van der Waals surface area contributed by atoms with Gasteiger partial charge in [0.25, 0.3) is 0 Å². The molecule has 0 saturated carbocycles. The van der Waals surface area contributed by atoms with Crippen LogP contribution in [-0.2, 0) is 12.8 Å². The van der Waals surface area contributed by atoms with Gasteiger partial charge in [-0.1, -0.05) is 53.7 Å². The number of aryl methyl sites for hydroxylation is 2. The Morgan fingerprint density at radius 2 is 1.18 bits per heavy atom. The van der Waals surface area contributed by atoms with Crippen LogP contribution in [0.5, 0.6) is 17.2 Å². The number of methoxy groups -OCH3 is 1. The topological polar surface area (TPSA) is 74.4 Å². The molecule has 0 heterocycles. The van der Waals surface area contributed by atoms with E-state index in [0.717, 1.165) is 36.8 Å². The van der Waals surface area contributed by atoms with Crippen LogP contribution in [0.3, 0.4) is 0 Å². The number of hydrogen-bond donors (Lipinski definition) is 2. The van der Waals surface area contributed by atoms with Crippen molar-refractivity contribution in [2.24, 2.45) is 9.98 Å². The van der Waals surface area contributed by atoms with Crippen LogP contribution in [-0.4, -0.2) is 29.8 Å². The molecule has 2 N–H and O–H groups in total. The Hall–Kier alpha value is -3.60. The van der Waals surface area contributed by atoms with Crippen molar-refractivity contribution in [2.75, 3.05) is 7.11 Å². The van der Waals surface area contributed by atoms with Gasteiger partial charge < -0.3 is 14.9 Å². The Kier molecular flexibility index (Phi) is 10.1. The van der Waals surface area contributed by atoms with Crippen molar-refractivity contribution in [1.29, 1.82) is 0 Å². The van der Waals surface area contributed by atoms with E-state index in [1.165, 1.54) is 11.1 Å². The summed E-state index contributed by atoms with van der Waals surface area (Å²) in [6.07, 6.45) is 6.93. The van der Waals surface area contributed by atoms with Gasteiger partial charge in [0.05, 0.1) is 18.5 Å². The molecule has 2 unspecified atom stereocenters. The quantitative estimate of drug-likeness (QED) is 0.251. The summed E-state index contributed by atoms with van der Waals surface area (Å²) in [6, 6.07) is 13.7. The summed E-state index contributed by atoms with van der Waals surface area (Å²) in [5, 5.41) is 21.7. The maximum Gasteiger partial charge on any atom is 0.127 e. The van der Waals surface area contributed by atoms with E-state index >= 15 is 0 Å². The highest BCUT2D eigenvalue weighted by Crippen LogP contribution is 2.35. The molecular weight excluding hydrogens is 472 g/mol. The third-order valence-electron chi connectivity index (χ3n) is 7.47. The predicted molar refractivity (Wildman–Crippen MR) is 160 cm³/mol. The number of hydrogen-bond acceptors (Lipinski definition) is 5. The molecule has 0 radical (unpaired) electrons. The Morgan fingerprint density at radius 1 is 0.711 bits per heavy atom. The second-order valence-electron chi connectivity index (χ2n) is 9.93. The lowest BCUT2D eigenvalue weighted by Crippen LogP contribution is -1.98. The van der Waals surface area contributed by atoms with E-state index in [1.54, 1.807) is 19.5 Å². The monoisotopic (exact) mass is 514 g/mol. The number of phenols is 2. The first-order valence-electron chi connectivity index (χ1n) is 13.7. The number of rotatable bonds is 11. The normalized spacial score (nSPS) is 13.3. The first-order chi connectivity index (χ1) is 18.3. The van der Waals surface area contributed by atoms with Crippen molar-refractivity contribution in [3.8, 4) is 17.2 Å². The summed E-state index contributed by atoms with van der Waals surface area (Å²) in [7, 11) is 1.62. The molecule has 0 spiro atoms. The summed E-state index contributed by atoms with van der Waals surface area (Å²) < 4.78 is 5.44. The van der Waals surface area contributed by atoms with Crippen LogP contribution >= 0.6 is 0 Å². The van der Waals surface area contributed by atoms with Gasteiger partial charge in [-0.15, -0.1) is 0 Å². The molecule has 0 saturated heterocycles. The van der Waals surface area contributed by atoms with Gasteiger partial charge in [0, 0.05) is 29.6 Å². The van der Waals surface area contributed by atoms with Gasteiger partial charge in [-0.2, -0.15) is 0 Å². The third-order valence-corrected chi connectivity index (χ3v) is 7.47. The molecule has 0 aromatic heterocycles. The lowest BCUT2D eigenvalue weighted by Gasteiger charge is -2.14. The maximum absolute atomic E-state index is 10.9. The van der Waals surface area contributed by atoms with Crippen molar-refractivity contribution in [3.05, 3.63) is 75.8 Å². The molecule has 38 heavy (non-hydrogen) atoms. The number of phenolic OH excluding ortho intramolecular Hbond substituents is 2. The van der Waals surface area contributed by atoms with E-state index < -0.39 is 0 Å². The Balaban J connectivity index is 2.06. The predicted octanol–water partition coefficient (Wildman–Crippen LogP) is 8.76. The zero-order chi connectivity index (χ0) is 27.8. The van der Waals surface area contributed by atoms with Crippen molar-refractivity contribution < 1.29 is 14.9 Å². The van der Waals surface area contributed by atoms with E-state index in [-0.39, 0.29) is 11.5 Å². The van der Waals surface area contributed by atoms with Crippen molar-refractivity contribution >= 4 is 23.8 Å². The highest BCUT2D eigenvalue weighted by molar-refractivity contribution is 5.90. The number of benzene rings is 3. The fourth-order valence-electron chi connectivity index (χ4n) is 4.39. The summed E-state index contributed by atoms with van der Waals surface area (Å²) in [5.74, 6) is 1.96. The number of aromatic hydroxyl groups is 2. The van der Waals surface area contributed by atoms with Gasteiger partial charge >= 0.3 is 0 Å². The lowest BCUT2D eigenvalue weighted by atomic mass is 9.93. The first kappa shape index (κ1) is 29.0. The molecule has 202 valence electrons. The van der Waals surface area contributed by atoms with Crippen LogP contribution < -0.4 is 4.74 Å². The molecule has 0 fully saturated rings. The molecule has 0 bridgehead atoms. The van der Waals surface area contributed by atoms with Gasteiger partial charge in [0.1, 0.15) is 17.2 Å². The van der Waals surface area contributed by atoms with Gasteiger partial charge in [0.2, 0.25) is 0 Å². The summed E-state index contributed by atoms with van der Waals surface area (Å²) >= 11 is 0. The van der Waals surface area contributed by atoms with E-state index in [2.05, 4.69) is 39.8 Å². The zero-order valence-electron chi connectivity index (χ0n) is 23.9. The second-order valence-corrected chi connectivity index (χ2v) is 9.93. The summed E-state index contributed by atoms with van der Waals surface area (Å²) in [5.41, 5.74) is 6.84. The van der Waals surface area contributed by atoms with Crippen LogP contribution in [0.1, 0.15) is 99.6 Å². The van der Waals surface area contributed by atoms with Crippen molar-refractivity contribution in [3.63, 3.8) is 0 Å². The first-order valence-corrected chi connectivity index (χ1v) is 13.7. The number of ether oxygens (including phenoxy) is 1. The minimum Gasteiger partial charge on any atom is -0.507 e. The molecule has 0 aliphatic carbocycles. The van der Waals surface area contributed by atoms with Crippen LogP contribution in [0.4, 0.5) is 11.4 Å². The molecule has 5 nitrogen and oxygen atoms in total. The molecule has 2 atom stereocenters. The van der Waals surface area contributed by atoms with Gasteiger partial charge in [-0.3, -0.25) is 9.98 Å². The fourth-order valence-corrected chi connectivity index (χ4v) is 4.39. The van der Waals surface area contributed by atoms with Gasteiger partial charge in [-0.25, -0.2) is 0 Å². The molecule has 3 rings (SSSR count). The highest BCUT2D eigenvalue weighted by atomic mass is 16.5.